The van der Waals surface area contributed by atoms with Gasteiger partial charge in [-0.2, -0.15) is 0 Å². The number of hydrogen-bond acceptors (Lipinski definition) is 3. The van der Waals surface area contributed by atoms with Crippen LogP contribution in [-0.4, -0.2) is 15.0 Å². The zero-order valence-corrected chi connectivity index (χ0v) is 11.3. The van der Waals surface area contributed by atoms with Gasteiger partial charge in [-0.25, -0.2) is 9.97 Å². The number of aryl methyl sites for hydroxylation is 3. The first-order valence-corrected chi connectivity index (χ1v) is 6.32. The normalized spacial score (nSPS) is 10.9. The molecule has 0 amide bonds. The average molecular weight is 249 g/mol. The largest absolute Gasteiger partial charge is 0.258 e. The van der Waals surface area contributed by atoms with E-state index in [4.69, 9.17) is 0 Å². The van der Waals surface area contributed by atoms with Gasteiger partial charge in [0.25, 0.3) is 0 Å². The predicted molar refractivity (Wildman–Crippen MR) is 77.0 cm³/mol. The molecule has 0 atom stereocenters. The Kier molecular flexibility index (Phi) is 2.75. The van der Waals surface area contributed by atoms with Crippen LogP contribution in [0.25, 0.3) is 22.3 Å². The molecule has 1 aromatic carbocycles. The van der Waals surface area contributed by atoms with Crippen LogP contribution in [0.5, 0.6) is 0 Å². The lowest BCUT2D eigenvalue weighted by molar-refractivity contribution is 1.10. The topological polar surface area (TPSA) is 38.7 Å². The number of pyridine rings is 1. The maximum Gasteiger partial charge on any atom is 0.160 e. The molecule has 3 rings (SSSR count). The minimum atomic E-state index is 0.768. The fraction of sp³-hybridized carbons (Fsp3) is 0.188. The molecule has 0 radical (unpaired) electrons. The molecule has 19 heavy (non-hydrogen) atoms. The first kappa shape index (κ1) is 11.8. The number of aromatic nitrogens is 3. The number of nitrogens with zero attached hydrogens (tertiary/aromatic N) is 3. The van der Waals surface area contributed by atoms with Gasteiger partial charge in [-0.05, 0) is 39.0 Å². The maximum atomic E-state index is 4.65. The van der Waals surface area contributed by atoms with E-state index in [0.29, 0.717) is 0 Å². The fourth-order valence-corrected chi connectivity index (χ4v) is 2.33. The average Bonchev–Trinajstić information content (AvgIpc) is 2.37. The second-order valence-electron chi connectivity index (χ2n) is 4.79. The predicted octanol–water partition coefficient (Wildman–Crippen LogP) is 3.62. The van der Waals surface area contributed by atoms with Crippen LogP contribution in [0, 0.1) is 20.8 Å². The van der Waals surface area contributed by atoms with Crippen LogP contribution in [0.3, 0.4) is 0 Å². The van der Waals surface area contributed by atoms with Crippen LogP contribution in [0.15, 0.2) is 36.4 Å². The van der Waals surface area contributed by atoms with Gasteiger partial charge in [0.05, 0.1) is 5.52 Å². The Morgan fingerprint density at radius 1 is 0.789 bits per heavy atom. The zero-order valence-electron chi connectivity index (χ0n) is 11.3. The van der Waals surface area contributed by atoms with Gasteiger partial charge in [0, 0.05) is 28.0 Å². The standard InChI is InChI=1S/C16H15N3/c1-10-8-13(9-11(2)17-10)16-18-12(3)14-6-4-5-7-15(14)19-16/h4-9H,1-3H3. The summed E-state index contributed by atoms with van der Waals surface area (Å²) in [7, 11) is 0. The van der Waals surface area contributed by atoms with Crippen molar-refractivity contribution in [2.24, 2.45) is 0 Å². The molecular formula is C16H15N3. The zero-order chi connectivity index (χ0) is 13.4. The van der Waals surface area contributed by atoms with E-state index in [2.05, 4.69) is 21.0 Å². The summed E-state index contributed by atoms with van der Waals surface area (Å²) in [6.45, 7) is 6.00. The summed E-state index contributed by atoms with van der Waals surface area (Å²) in [5.74, 6) is 0.768. The van der Waals surface area contributed by atoms with E-state index >= 15 is 0 Å². The number of rotatable bonds is 1. The molecule has 0 saturated heterocycles. The summed E-state index contributed by atoms with van der Waals surface area (Å²) in [6, 6.07) is 12.1. The van der Waals surface area contributed by atoms with E-state index in [-0.39, 0.29) is 0 Å². The van der Waals surface area contributed by atoms with Crippen molar-refractivity contribution in [3.63, 3.8) is 0 Å². The summed E-state index contributed by atoms with van der Waals surface area (Å²) in [5, 5.41) is 1.11. The Hall–Kier alpha value is -2.29. The SMILES string of the molecule is Cc1cc(-c2nc(C)c3ccccc3n2)cc(C)n1. The number of hydrogen-bond donors (Lipinski definition) is 0. The maximum absolute atomic E-state index is 4.65. The van der Waals surface area contributed by atoms with Crippen LogP contribution in [-0.2, 0) is 0 Å². The van der Waals surface area contributed by atoms with E-state index < -0.39 is 0 Å². The Morgan fingerprint density at radius 3 is 2.21 bits per heavy atom. The van der Waals surface area contributed by atoms with Crippen molar-refractivity contribution in [3.05, 3.63) is 53.5 Å². The van der Waals surface area contributed by atoms with Gasteiger partial charge in [-0.15, -0.1) is 0 Å². The lowest BCUT2D eigenvalue weighted by atomic mass is 10.1. The quantitative estimate of drug-likeness (QED) is 0.661. The third-order valence-electron chi connectivity index (χ3n) is 3.13. The number of fused-ring (bicyclic) bond motifs is 1. The van der Waals surface area contributed by atoms with Crippen molar-refractivity contribution in [2.75, 3.05) is 0 Å². The lowest BCUT2D eigenvalue weighted by Gasteiger charge is -2.07. The summed E-state index contributed by atoms with van der Waals surface area (Å²) < 4.78 is 0. The highest BCUT2D eigenvalue weighted by Gasteiger charge is 2.07. The minimum Gasteiger partial charge on any atom is -0.258 e. The second-order valence-corrected chi connectivity index (χ2v) is 4.79. The molecule has 3 nitrogen and oxygen atoms in total. The van der Waals surface area contributed by atoms with Crippen molar-refractivity contribution >= 4 is 10.9 Å². The van der Waals surface area contributed by atoms with E-state index in [1.165, 1.54) is 0 Å². The highest BCUT2D eigenvalue weighted by Crippen LogP contribution is 2.22. The highest BCUT2D eigenvalue weighted by molar-refractivity contribution is 5.82. The monoisotopic (exact) mass is 249 g/mol. The third kappa shape index (κ3) is 2.19. The molecule has 0 aliphatic carbocycles. The van der Waals surface area contributed by atoms with Gasteiger partial charge >= 0.3 is 0 Å². The first-order chi connectivity index (χ1) is 9.13. The second kappa shape index (κ2) is 4.43. The summed E-state index contributed by atoms with van der Waals surface area (Å²) in [5.41, 5.74) is 5.00. The molecule has 0 spiro atoms. The molecule has 0 aliphatic heterocycles. The molecule has 0 fully saturated rings. The molecule has 3 heteroatoms. The summed E-state index contributed by atoms with van der Waals surface area (Å²) in [4.78, 5) is 13.7. The Bertz CT molecular complexity index is 743. The highest BCUT2D eigenvalue weighted by atomic mass is 14.9. The van der Waals surface area contributed by atoms with E-state index in [1.807, 2.05) is 51.1 Å². The van der Waals surface area contributed by atoms with Crippen molar-refractivity contribution in [1.82, 2.24) is 15.0 Å². The van der Waals surface area contributed by atoms with E-state index in [1.54, 1.807) is 0 Å². The van der Waals surface area contributed by atoms with Gasteiger partial charge in [0.2, 0.25) is 0 Å². The third-order valence-corrected chi connectivity index (χ3v) is 3.13. The van der Waals surface area contributed by atoms with Gasteiger partial charge in [0.1, 0.15) is 0 Å². The van der Waals surface area contributed by atoms with Gasteiger partial charge in [0.15, 0.2) is 5.82 Å². The van der Waals surface area contributed by atoms with Crippen LogP contribution in [0.2, 0.25) is 0 Å². The summed E-state index contributed by atoms with van der Waals surface area (Å²) in [6.07, 6.45) is 0. The number of para-hydroxylation sites is 1. The molecule has 0 unspecified atom stereocenters. The van der Waals surface area contributed by atoms with Crippen LogP contribution in [0.4, 0.5) is 0 Å². The van der Waals surface area contributed by atoms with Crippen molar-refractivity contribution in [1.29, 1.82) is 0 Å². The Morgan fingerprint density at radius 2 is 1.47 bits per heavy atom. The molecule has 0 N–H and O–H groups in total. The molecule has 2 heterocycles. The molecular weight excluding hydrogens is 234 g/mol. The molecule has 0 bridgehead atoms. The fourth-order valence-electron chi connectivity index (χ4n) is 2.33. The molecule has 2 aromatic heterocycles. The molecule has 94 valence electrons. The van der Waals surface area contributed by atoms with Gasteiger partial charge in [-0.1, -0.05) is 18.2 Å². The van der Waals surface area contributed by atoms with Crippen molar-refractivity contribution in [3.8, 4) is 11.4 Å². The van der Waals surface area contributed by atoms with Crippen molar-refractivity contribution < 1.29 is 0 Å². The lowest BCUT2D eigenvalue weighted by Crippen LogP contribution is -1.96. The van der Waals surface area contributed by atoms with E-state index in [0.717, 1.165) is 39.4 Å². The van der Waals surface area contributed by atoms with Crippen LogP contribution < -0.4 is 0 Å². The number of benzene rings is 1. The van der Waals surface area contributed by atoms with Gasteiger partial charge < -0.3 is 0 Å². The summed E-state index contributed by atoms with van der Waals surface area (Å²) >= 11 is 0. The smallest absolute Gasteiger partial charge is 0.160 e. The molecule has 3 aromatic rings. The molecule has 0 saturated carbocycles. The van der Waals surface area contributed by atoms with Crippen LogP contribution >= 0.6 is 0 Å². The van der Waals surface area contributed by atoms with Crippen LogP contribution in [0.1, 0.15) is 17.1 Å². The van der Waals surface area contributed by atoms with E-state index in [9.17, 15) is 0 Å². The first-order valence-electron chi connectivity index (χ1n) is 6.32. The van der Waals surface area contributed by atoms with Gasteiger partial charge in [-0.3, -0.25) is 4.98 Å². The molecule has 0 aliphatic rings. The Labute approximate surface area is 112 Å². The Balaban J connectivity index is 2.25. The minimum absolute atomic E-state index is 0.768. The van der Waals surface area contributed by atoms with Crippen molar-refractivity contribution in [2.45, 2.75) is 20.8 Å².